The SMILES string of the molecule is COc1ccc(-c2cc3n(n2)[C@H](NCc2ccc(F)cc2F)CNC3=O)cc1. The summed E-state index contributed by atoms with van der Waals surface area (Å²) in [6.07, 6.45) is -0.357. The summed E-state index contributed by atoms with van der Waals surface area (Å²) in [6.45, 7) is 0.474. The number of halogens is 2. The molecule has 1 aliphatic rings. The Morgan fingerprint density at radius 2 is 2.00 bits per heavy atom. The van der Waals surface area contributed by atoms with Crippen LogP contribution in [0.1, 0.15) is 22.2 Å². The van der Waals surface area contributed by atoms with Crippen molar-refractivity contribution >= 4 is 5.91 Å². The van der Waals surface area contributed by atoms with Gasteiger partial charge in [-0.05, 0) is 36.4 Å². The molecule has 6 nitrogen and oxygen atoms in total. The Hall–Kier alpha value is -3.26. The van der Waals surface area contributed by atoms with Crippen LogP contribution in [0.15, 0.2) is 48.5 Å². The average molecular weight is 384 g/mol. The number of carbonyl (C=O) groups is 1. The number of carbonyl (C=O) groups excluding carboxylic acids is 1. The van der Waals surface area contributed by atoms with Crippen LogP contribution >= 0.6 is 0 Å². The third kappa shape index (κ3) is 3.46. The summed E-state index contributed by atoms with van der Waals surface area (Å²) in [6, 6.07) is 12.5. The largest absolute Gasteiger partial charge is 0.497 e. The molecule has 28 heavy (non-hydrogen) atoms. The third-order valence-electron chi connectivity index (χ3n) is 4.65. The van der Waals surface area contributed by atoms with Gasteiger partial charge in [-0.25, -0.2) is 13.5 Å². The highest BCUT2D eigenvalue weighted by molar-refractivity contribution is 5.94. The maximum absolute atomic E-state index is 13.9. The van der Waals surface area contributed by atoms with E-state index in [2.05, 4.69) is 15.7 Å². The van der Waals surface area contributed by atoms with Gasteiger partial charge in [0.05, 0.1) is 19.3 Å². The third-order valence-corrected chi connectivity index (χ3v) is 4.65. The van der Waals surface area contributed by atoms with Gasteiger partial charge in [-0.15, -0.1) is 0 Å². The van der Waals surface area contributed by atoms with Gasteiger partial charge >= 0.3 is 0 Å². The molecule has 144 valence electrons. The molecule has 0 unspecified atom stereocenters. The lowest BCUT2D eigenvalue weighted by atomic mass is 10.1. The molecule has 1 aliphatic heterocycles. The summed E-state index contributed by atoms with van der Waals surface area (Å²) < 4.78 is 33.7. The number of nitrogens with one attached hydrogen (secondary N) is 2. The topological polar surface area (TPSA) is 68.2 Å². The number of aromatic nitrogens is 2. The predicted octanol–water partition coefficient (Wildman–Crippen LogP) is 2.87. The number of ether oxygens (including phenoxy) is 1. The summed E-state index contributed by atoms with van der Waals surface area (Å²) >= 11 is 0. The van der Waals surface area contributed by atoms with Gasteiger partial charge in [0.15, 0.2) is 0 Å². The lowest BCUT2D eigenvalue weighted by Gasteiger charge is -2.25. The lowest BCUT2D eigenvalue weighted by molar-refractivity contribution is 0.0900. The van der Waals surface area contributed by atoms with Crippen molar-refractivity contribution in [3.05, 3.63) is 71.4 Å². The maximum atomic E-state index is 13.9. The second-order valence-electron chi connectivity index (χ2n) is 6.43. The number of rotatable bonds is 5. The minimum absolute atomic E-state index is 0.170. The zero-order valence-electron chi connectivity index (χ0n) is 15.1. The van der Waals surface area contributed by atoms with E-state index in [0.29, 0.717) is 23.5 Å². The molecule has 2 N–H and O–H groups in total. The van der Waals surface area contributed by atoms with E-state index in [4.69, 9.17) is 4.74 Å². The first-order valence-electron chi connectivity index (χ1n) is 8.74. The van der Waals surface area contributed by atoms with Crippen LogP contribution in [0.3, 0.4) is 0 Å². The Bertz CT molecular complexity index is 1020. The molecule has 1 atom stereocenters. The molecule has 0 saturated heterocycles. The van der Waals surface area contributed by atoms with E-state index >= 15 is 0 Å². The molecule has 0 spiro atoms. The fourth-order valence-corrected chi connectivity index (χ4v) is 3.12. The average Bonchev–Trinajstić information content (AvgIpc) is 3.15. The molecular weight excluding hydrogens is 366 g/mol. The van der Waals surface area contributed by atoms with Crippen molar-refractivity contribution in [2.45, 2.75) is 12.7 Å². The Labute approximate surface area is 160 Å². The molecule has 0 radical (unpaired) electrons. The Morgan fingerprint density at radius 3 is 2.71 bits per heavy atom. The van der Waals surface area contributed by atoms with Crippen molar-refractivity contribution in [2.75, 3.05) is 13.7 Å². The van der Waals surface area contributed by atoms with Gasteiger partial charge in [0, 0.05) is 23.7 Å². The van der Waals surface area contributed by atoms with Gasteiger partial charge in [0.1, 0.15) is 29.2 Å². The maximum Gasteiger partial charge on any atom is 0.269 e. The molecule has 0 aliphatic carbocycles. The molecule has 2 heterocycles. The molecule has 0 fully saturated rings. The van der Waals surface area contributed by atoms with Crippen LogP contribution in [-0.2, 0) is 6.54 Å². The highest BCUT2D eigenvalue weighted by Gasteiger charge is 2.27. The summed E-state index contributed by atoms with van der Waals surface area (Å²) in [5.74, 6) is -0.735. The molecule has 0 saturated carbocycles. The van der Waals surface area contributed by atoms with Crippen LogP contribution in [0.5, 0.6) is 5.75 Å². The monoisotopic (exact) mass is 384 g/mol. The predicted molar refractivity (Wildman–Crippen MR) is 98.8 cm³/mol. The van der Waals surface area contributed by atoms with Gasteiger partial charge in [0.2, 0.25) is 0 Å². The number of methoxy groups -OCH3 is 1. The molecule has 1 amide bonds. The number of amides is 1. The number of hydrogen-bond acceptors (Lipinski definition) is 4. The first-order chi connectivity index (χ1) is 13.5. The first-order valence-corrected chi connectivity index (χ1v) is 8.74. The lowest BCUT2D eigenvalue weighted by Crippen LogP contribution is -2.45. The standard InChI is InChI=1S/C20H18F2N4O2/c1-28-15-6-3-12(4-7-15)17-9-18-20(27)24-11-19(26(18)25-17)23-10-13-2-5-14(21)8-16(13)22/h2-9,19,23H,10-11H2,1H3,(H,24,27)/t19-/m0/s1. The van der Waals surface area contributed by atoms with Crippen molar-refractivity contribution in [1.82, 2.24) is 20.4 Å². The zero-order chi connectivity index (χ0) is 19.7. The minimum Gasteiger partial charge on any atom is -0.497 e. The van der Waals surface area contributed by atoms with Crippen molar-refractivity contribution in [1.29, 1.82) is 0 Å². The smallest absolute Gasteiger partial charge is 0.269 e. The number of hydrogen-bond donors (Lipinski definition) is 2. The van der Waals surface area contributed by atoms with Crippen molar-refractivity contribution in [3.8, 4) is 17.0 Å². The van der Waals surface area contributed by atoms with Crippen molar-refractivity contribution < 1.29 is 18.3 Å². The van der Waals surface area contributed by atoms with Crippen LogP contribution in [0.4, 0.5) is 8.78 Å². The second kappa shape index (κ2) is 7.40. The van der Waals surface area contributed by atoms with Crippen LogP contribution < -0.4 is 15.4 Å². The van der Waals surface area contributed by atoms with E-state index in [1.165, 1.54) is 12.1 Å². The van der Waals surface area contributed by atoms with E-state index in [0.717, 1.165) is 17.4 Å². The first kappa shape index (κ1) is 18.1. The molecule has 8 heteroatoms. The summed E-state index contributed by atoms with van der Waals surface area (Å²) in [7, 11) is 1.59. The van der Waals surface area contributed by atoms with E-state index in [1.807, 2.05) is 24.3 Å². The summed E-state index contributed by atoms with van der Waals surface area (Å²) in [5, 5.41) is 10.5. The van der Waals surface area contributed by atoms with E-state index < -0.39 is 11.6 Å². The molecule has 1 aromatic heterocycles. The number of nitrogens with zero attached hydrogens (tertiary/aromatic N) is 2. The molecule has 4 rings (SSSR count). The van der Waals surface area contributed by atoms with Gasteiger partial charge in [0.25, 0.3) is 5.91 Å². The Morgan fingerprint density at radius 1 is 1.21 bits per heavy atom. The summed E-state index contributed by atoms with van der Waals surface area (Å²) in [4.78, 5) is 12.2. The summed E-state index contributed by atoms with van der Waals surface area (Å²) in [5.41, 5.74) is 2.24. The second-order valence-corrected chi connectivity index (χ2v) is 6.43. The quantitative estimate of drug-likeness (QED) is 0.710. The molecule has 3 aromatic rings. The fraction of sp³-hybridized carbons (Fsp3) is 0.200. The fourth-order valence-electron chi connectivity index (χ4n) is 3.12. The number of benzene rings is 2. The molecule has 2 aromatic carbocycles. The van der Waals surface area contributed by atoms with E-state index in [1.54, 1.807) is 17.9 Å². The zero-order valence-corrected chi connectivity index (χ0v) is 15.1. The van der Waals surface area contributed by atoms with Crippen molar-refractivity contribution in [3.63, 3.8) is 0 Å². The van der Waals surface area contributed by atoms with Gasteiger partial charge in [-0.3, -0.25) is 10.1 Å². The highest BCUT2D eigenvalue weighted by Crippen LogP contribution is 2.25. The van der Waals surface area contributed by atoms with Crippen LogP contribution in [0.2, 0.25) is 0 Å². The molecular formula is C20H18F2N4O2. The van der Waals surface area contributed by atoms with E-state index in [-0.39, 0.29) is 18.6 Å². The Balaban J connectivity index is 1.58. The van der Waals surface area contributed by atoms with Crippen LogP contribution in [0.25, 0.3) is 11.3 Å². The van der Waals surface area contributed by atoms with E-state index in [9.17, 15) is 13.6 Å². The van der Waals surface area contributed by atoms with Crippen LogP contribution in [0, 0.1) is 11.6 Å². The molecule has 0 bridgehead atoms. The normalized spacial score (nSPS) is 15.8. The van der Waals surface area contributed by atoms with Gasteiger partial charge < -0.3 is 10.1 Å². The Kier molecular flexibility index (Phi) is 4.79. The minimum atomic E-state index is -0.621. The highest BCUT2D eigenvalue weighted by atomic mass is 19.1. The van der Waals surface area contributed by atoms with Gasteiger partial charge in [-0.1, -0.05) is 6.07 Å². The van der Waals surface area contributed by atoms with Gasteiger partial charge in [-0.2, -0.15) is 5.10 Å². The van der Waals surface area contributed by atoms with Crippen molar-refractivity contribution in [2.24, 2.45) is 0 Å². The van der Waals surface area contributed by atoms with Crippen LogP contribution in [-0.4, -0.2) is 29.3 Å². The number of fused-ring (bicyclic) bond motifs is 1.